The number of rotatable bonds is 2. The summed E-state index contributed by atoms with van der Waals surface area (Å²) in [6, 6.07) is 1.56. The summed E-state index contributed by atoms with van der Waals surface area (Å²) in [5.74, 6) is 0.378. The third-order valence-corrected chi connectivity index (χ3v) is 2.25. The van der Waals surface area contributed by atoms with Crippen LogP contribution in [0, 0.1) is 0 Å². The molecule has 3 N–H and O–H groups in total. The van der Waals surface area contributed by atoms with Gasteiger partial charge >= 0.3 is 0 Å². The van der Waals surface area contributed by atoms with Gasteiger partial charge in [0.1, 0.15) is 5.69 Å². The normalized spacial score (nSPS) is 12.7. The van der Waals surface area contributed by atoms with Crippen molar-refractivity contribution >= 4 is 17.3 Å². The van der Waals surface area contributed by atoms with Crippen LogP contribution in [0.5, 0.6) is 0 Å². The minimum atomic E-state index is -0.679. The highest BCUT2D eigenvalue weighted by atomic mass is 35.5. The molecule has 0 spiro atoms. The summed E-state index contributed by atoms with van der Waals surface area (Å²) in [7, 11) is 0. The van der Waals surface area contributed by atoms with Crippen LogP contribution in [0.3, 0.4) is 0 Å². The van der Waals surface area contributed by atoms with Gasteiger partial charge in [-0.3, -0.25) is 0 Å². The number of hydrogen-bond donors (Lipinski definition) is 2. The molecule has 2 rings (SSSR count). The van der Waals surface area contributed by atoms with E-state index < -0.39 is 6.10 Å². The number of anilines is 1. The Hall–Kier alpha value is -1.66. The minimum Gasteiger partial charge on any atom is -0.397 e. The van der Waals surface area contributed by atoms with Gasteiger partial charge in [-0.15, -0.1) is 9.90 Å². The Balaban J connectivity index is 2.42. The molecule has 16 heavy (non-hydrogen) atoms. The molecule has 0 bridgehead atoms. The molecule has 0 aliphatic carbocycles. The highest BCUT2D eigenvalue weighted by Gasteiger charge is 2.11. The SMILES string of the molecule is C[C@@H](O)c1cnn(-c2ncc(N)cc2Cl)n1. The summed E-state index contributed by atoms with van der Waals surface area (Å²) in [4.78, 5) is 5.27. The zero-order valence-corrected chi connectivity index (χ0v) is 9.26. The maximum atomic E-state index is 9.31. The van der Waals surface area contributed by atoms with Crippen molar-refractivity contribution in [3.8, 4) is 5.82 Å². The number of aliphatic hydroxyl groups excluding tert-OH is 1. The van der Waals surface area contributed by atoms with Gasteiger partial charge in [0.2, 0.25) is 0 Å². The molecule has 2 aromatic rings. The fourth-order valence-corrected chi connectivity index (χ4v) is 1.41. The lowest BCUT2D eigenvalue weighted by molar-refractivity contribution is 0.193. The molecular weight excluding hydrogens is 230 g/mol. The summed E-state index contributed by atoms with van der Waals surface area (Å²) in [5, 5.41) is 17.7. The molecule has 0 aliphatic heterocycles. The standard InChI is InChI=1S/C9H10ClN5O/c1-5(16)8-4-13-15(14-8)9-7(10)2-6(11)3-12-9/h2-5,16H,11H2,1H3/t5-/m1/s1. The fourth-order valence-electron chi connectivity index (χ4n) is 1.16. The predicted octanol–water partition coefficient (Wildman–Crippen LogP) is 0.951. The van der Waals surface area contributed by atoms with Crippen molar-refractivity contribution in [3.63, 3.8) is 0 Å². The van der Waals surface area contributed by atoms with Gasteiger partial charge in [-0.1, -0.05) is 11.6 Å². The van der Waals surface area contributed by atoms with E-state index in [4.69, 9.17) is 17.3 Å². The van der Waals surface area contributed by atoms with Crippen LogP contribution in [0.1, 0.15) is 18.7 Å². The monoisotopic (exact) mass is 239 g/mol. The minimum absolute atomic E-state index is 0.354. The third-order valence-electron chi connectivity index (χ3n) is 1.97. The summed E-state index contributed by atoms with van der Waals surface area (Å²) < 4.78 is 0. The van der Waals surface area contributed by atoms with Crippen molar-refractivity contribution in [3.05, 3.63) is 29.2 Å². The highest BCUT2D eigenvalue weighted by Crippen LogP contribution is 2.19. The summed E-state index contributed by atoms with van der Waals surface area (Å²) in [5.41, 5.74) is 6.44. The highest BCUT2D eigenvalue weighted by molar-refractivity contribution is 6.32. The molecule has 2 heterocycles. The van der Waals surface area contributed by atoms with Gasteiger partial charge in [0.25, 0.3) is 0 Å². The van der Waals surface area contributed by atoms with Crippen molar-refractivity contribution < 1.29 is 5.11 Å². The lowest BCUT2D eigenvalue weighted by atomic mass is 10.3. The number of aromatic nitrogens is 4. The van der Waals surface area contributed by atoms with Crippen LogP contribution in [-0.2, 0) is 0 Å². The molecule has 0 fully saturated rings. The van der Waals surface area contributed by atoms with E-state index in [0.717, 1.165) is 0 Å². The van der Waals surface area contributed by atoms with Crippen LogP contribution in [-0.4, -0.2) is 25.1 Å². The van der Waals surface area contributed by atoms with Crippen molar-refractivity contribution in [1.29, 1.82) is 0 Å². The van der Waals surface area contributed by atoms with E-state index in [-0.39, 0.29) is 0 Å². The molecular formula is C9H10ClN5O. The Morgan fingerprint density at radius 2 is 2.25 bits per heavy atom. The average molecular weight is 240 g/mol. The first-order valence-corrected chi connectivity index (χ1v) is 4.97. The van der Waals surface area contributed by atoms with Gasteiger partial charge in [-0.25, -0.2) is 4.98 Å². The molecule has 6 nitrogen and oxygen atoms in total. The first-order chi connectivity index (χ1) is 7.58. The lowest BCUT2D eigenvalue weighted by Gasteiger charge is -2.02. The molecule has 7 heteroatoms. The van der Waals surface area contributed by atoms with E-state index in [1.54, 1.807) is 13.0 Å². The van der Waals surface area contributed by atoms with E-state index in [9.17, 15) is 5.11 Å². The van der Waals surface area contributed by atoms with Gasteiger partial charge < -0.3 is 10.8 Å². The maximum Gasteiger partial charge on any atom is 0.193 e. The quantitative estimate of drug-likeness (QED) is 0.814. The van der Waals surface area contributed by atoms with Crippen molar-refractivity contribution in [1.82, 2.24) is 20.0 Å². The zero-order valence-electron chi connectivity index (χ0n) is 8.50. The second-order valence-corrected chi connectivity index (χ2v) is 3.72. The van der Waals surface area contributed by atoms with E-state index >= 15 is 0 Å². The molecule has 84 valence electrons. The number of halogens is 1. The topological polar surface area (TPSA) is 89.9 Å². The van der Waals surface area contributed by atoms with Crippen molar-refractivity contribution in [2.45, 2.75) is 13.0 Å². The number of nitrogens with zero attached hydrogens (tertiary/aromatic N) is 4. The predicted molar refractivity (Wildman–Crippen MR) is 59.2 cm³/mol. The van der Waals surface area contributed by atoms with Gasteiger partial charge in [-0.05, 0) is 13.0 Å². The summed E-state index contributed by atoms with van der Waals surface area (Å²) in [6.45, 7) is 1.60. The Bertz CT molecular complexity index is 510. The lowest BCUT2D eigenvalue weighted by Crippen LogP contribution is -2.04. The Morgan fingerprint density at radius 1 is 1.50 bits per heavy atom. The van der Waals surface area contributed by atoms with E-state index in [2.05, 4.69) is 15.2 Å². The Labute approximate surface area is 96.7 Å². The second-order valence-electron chi connectivity index (χ2n) is 3.31. The molecule has 1 atom stereocenters. The number of hydrogen-bond acceptors (Lipinski definition) is 5. The Kier molecular flexibility index (Phi) is 2.76. The second kappa shape index (κ2) is 4.07. The molecule has 0 radical (unpaired) electrons. The van der Waals surface area contributed by atoms with Gasteiger partial charge in [0.15, 0.2) is 5.82 Å². The average Bonchev–Trinajstić information content (AvgIpc) is 2.66. The molecule has 0 unspecified atom stereocenters. The Morgan fingerprint density at radius 3 is 2.81 bits per heavy atom. The van der Waals surface area contributed by atoms with E-state index in [1.807, 2.05) is 0 Å². The van der Waals surface area contributed by atoms with Crippen LogP contribution in [0.25, 0.3) is 5.82 Å². The van der Waals surface area contributed by atoms with E-state index in [1.165, 1.54) is 17.2 Å². The van der Waals surface area contributed by atoms with Crippen molar-refractivity contribution in [2.24, 2.45) is 0 Å². The summed E-state index contributed by atoms with van der Waals surface area (Å²) >= 11 is 5.95. The maximum absolute atomic E-state index is 9.31. The number of nitrogen functional groups attached to an aromatic ring is 1. The number of aliphatic hydroxyl groups is 1. The first kappa shape index (κ1) is 10.8. The largest absolute Gasteiger partial charge is 0.397 e. The molecule has 0 aliphatic rings. The molecule has 0 saturated carbocycles. The number of pyridine rings is 1. The van der Waals surface area contributed by atoms with Crippen LogP contribution in [0.4, 0.5) is 5.69 Å². The van der Waals surface area contributed by atoms with Crippen molar-refractivity contribution in [2.75, 3.05) is 5.73 Å². The fraction of sp³-hybridized carbons (Fsp3) is 0.222. The molecule has 0 amide bonds. The molecule has 2 aromatic heterocycles. The van der Waals surface area contributed by atoms with Gasteiger partial charge in [0, 0.05) is 0 Å². The van der Waals surface area contributed by atoms with Crippen LogP contribution >= 0.6 is 11.6 Å². The van der Waals surface area contributed by atoms with Crippen LogP contribution in [0.2, 0.25) is 5.02 Å². The first-order valence-electron chi connectivity index (χ1n) is 4.59. The summed E-state index contributed by atoms with van der Waals surface area (Å²) in [6.07, 6.45) is 2.24. The van der Waals surface area contributed by atoms with Crippen LogP contribution < -0.4 is 5.73 Å². The molecule has 0 saturated heterocycles. The van der Waals surface area contributed by atoms with E-state index in [0.29, 0.717) is 22.2 Å². The molecule has 0 aromatic carbocycles. The number of nitrogens with two attached hydrogens (primary N) is 1. The third kappa shape index (κ3) is 1.98. The smallest absolute Gasteiger partial charge is 0.193 e. The van der Waals surface area contributed by atoms with Gasteiger partial charge in [0.05, 0.1) is 29.2 Å². The van der Waals surface area contributed by atoms with Crippen LogP contribution in [0.15, 0.2) is 18.5 Å². The zero-order chi connectivity index (χ0) is 11.7. The van der Waals surface area contributed by atoms with Gasteiger partial charge in [-0.2, -0.15) is 5.10 Å².